The van der Waals surface area contributed by atoms with E-state index in [1.807, 2.05) is 5.32 Å². The molecule has 1 aromatic carbocycles. The molecule has 1 heterocycles. The Morgan fingerprint density at radius 3 is 3.07 bits per heavy atom. The summed E-state index contributed by atoms with van der Waals surface area (Å²) in [5.74, 6) is -0.0742. The van der Waals surface area contributed by atoms with Gasteiger partial charge in [-0.25, -0.2) is 4.39 Å². The van der Waals surface area contributed by atoms with Crippen molar-refractivity contribution in [3.05, 3.63) is 23.5 Å². The largest absolute Gasteiger partial charge is 0.530 e. The van der Waals surface area contributed by atoms with E-state index in [1.165, 1.54) is 6.07 Å². The molecular formula is C10H9FNO3-. The lowest BCUT2D eigenvalue weighted by atomic mass is 10.1. The Morgan fingerprint density at radius 2 is 2.33 bits per heavy atom. The Bertz CT molecular complexity index is 406. The van der Waals surface area contributed by atoms with Gasteiger partial charge in [0.25, 0.3) is 0 Å². The predicted molar refractivity (Wildman–Crippen MR) is 49.2 cm³/mol. The number of ether oxygens (including phenoxy) is 1. The average molecular weight is 210 g/mol. The molecule has 1 aliphatic heterocycles. The molecule has 1 N–H and O–H groups in total. The minimum absolute atomic E-state index is 0.115. The van der Waals surface area contributed by atoms with Gasteiger partial charge >= 0.3 is 0 Å². The van der Waals surface area contributed by atoms with E-state index in [2.05, 4.69) is 0 Å². The molecule has 0 aliphatic carbocycles. The first kappa shape index (κ1) is 9.76. The monoisotopic (exact) mass is 210 g/mol. The highest BCUT2D eigenvalue weighted by Crippen LogP contribution is 2.33. The second-order valence-corrected chi connectivity index (χ2v) is 3.31. The molecule has 0 radical (unpaired) electrons. The summed E-state index contributed by atoms with van der Waals surface area (Å²) in [6.07, 6.45) is 0.0210. The highest BCUT2D eigenvalue weighted by Gasteiger charge is 2.16. The van der Waals surface area contributed by atoms with Gasteiger partial charge in [0.1, 0.15) is 17.7 Å². The van der Waals surface area contributed by atoms with Crippen LogP contribution in [0.4, 0.5) is 14.9 Å². The highest BCUT2D eigenvalue weighted by atomic mass is 19.1. The average Bonchev–Trinajstić information content (AvgIpc) is 2.16. The van der Waals surface area contributed by atoms with Crippen LogP contribution < -0.4 is 15.2 Å². The fraction of sp³-hybridized carbons (Fsp3) is 0.300. The maximum absolute atomic E-state index is 13.1. The number of fused-ring (bicyclic) bond motifs is 1. The fourth-order valence-corrected chi connectivity index (χ4v) is 1.65. The normalized spacial score (nSPS) is 13.9. The van der Waals surface area contributed by atoms with E-state index in [0.29, 0.717) is 24.3 Å². The maximum Gasteiger partial charge on any atom is 0.146 e. The van der Waals surface area contributed by atoms with Gasteiger partial charge in [0.15, 0.2) is 0 Å². The molecule has 15 heavy (non-hydrogen) atoms. The predicted octanol–water partition coefficient (Wildman–Crippen LogP) is 0.906. The van der Waals surface area contributed by atoms with Crippen LogP contribution in [0.15, 0.2) is 12.1 Å². The first-order valence-corrected chi connectivity index (χ1v) is 4.60. The zero-order valence-corrected chi connectivity index (χ0v) is 7.88. The van der Waals surface area contributed by atoms with Gasteiger partial charge in [-0.2, -0.15) is 0 Å². The quantitative estimate of drug-likeness (QED) is 0.749. The Hall–Kier alpha value is -1.78. The minimum Gasteiger partial charge on any atom is -0.530 e. The summed E-state index contributed by atoms with van der Waals surface area (Å²) in [7, 11) is 0. The van der Waals surface area contributed by atoms with Crippen molar-refractivity contribution in [2.24, 2.45) is 0 Å². The van der Waals surface area contributed by atoms with Crippen LogP contribution in [0.1, 0.15) is 12.0 Å². The molecule has 0 bridgehead atoms. The van der Waals surface area contributed by atoms with Crippen LogP contribution in [0, 0.1) is 5.82 Å². The number of amides is 1. The second-order valence-electron chi connectivity index (χ2n) is 3.31. The maximum atomic E-state index is 13.1. The number of hydrogen-bond donors (Lipinski definition) is 1. The number of rotatable bonds is 1. The first-order chi connectivity index (χ1) is 7.16. The van der Waals surface area contributed by atoms with Gasteiger partial charge in [0.2, 0.25) is 0 Å². The number of halogens is 1. The van der Waals surface area contributed by atoms with Gasteiger partial charge in [-0.1, -0.05) is 0 Å². The Balaban J connectivity index is 2.43. The number of carboxylic acid groups (broad SMARTS) is 1. The van der Waals surface area contributed by atoms with E-state index in [4.69, 9.17) is 4.74 Å². The number of benzene rings is 1. The third-order valence-corrected chi connectivity index (χ3v) is 2.20. The lowest BCUT2D eigenvalue weighted by Gasteiger charge is -2.21. The lowest BCUT2D eigenvalue weighted by Crippen LogP contribution is -2.29. The van der Waals surface area contributed by atoms with E-state index < -0.39 is 11.9 Å². The molecule has 0 saturated heterocycles. The number of carbonyl (C=O) groups is 1. The van der Waals surface area contributed by atoms with Crippen LogP contribution >= 0.6 is 0 Å². The molecule has 5 heteroatoms. The first-order valence-electron chi connectivity index (χ1n) is 4.60. The molecule has 0 atom stereocenters. The summed E-state index contributed by atoms with van der Waals surface area (Å²) in [5.41, 5.74) is 0.801. The van der Waals surface area contributed by atoms with Crippen LogP contribution in [0.25, 0.3) is 0 Å². The molecule has 1 aliphatic rings. The molecule has 1 amide bonds. The number of anilines is 1. The van der Waals surface area contributed by atoms with Gasteiger partial charge in [-0.05, 0) is 24.5 Å². The molecule has 0 aromatic heterocycles. The molecular weight excluding hydrogens is 201 g/mol. The fourth-order valence-electron chi connectivity index (χ4n) is 1.65. The SMILES string of the molecule is O=C([O-])Nc1cc(F)cc2c1OCCC2. The van der Waals surface area contributed by atoms with Crippen molar-refractivity contribution in [2.45, 2.75) is 12.8 Å². The Morgan fingerprint density at radius 1 is 1.53 bits per heavy atom. The van der Waals surface area contributed by atoms with Crippen molar-refractivity contribution >= 4 is 11.8 Å². The topological polar surface area (TPSA) is 61.4 Å². The van der Waals surface area contributed by atoms with E-state index in [1.54, 1.807) is 0 Å². The van der Waals surface area contributed by atoms with E-state index in [0.717, 1.165) is 12.5 Å². The van der Waals surface area contributed by atoms with Gasteiger partial charge < -0.3 is 20.0 Å². The number of hydrogen-bond acceptors (Lipinski definition) is 3. The lowest BCUT2D eigenvalue weighted by molar-refractivity contribution is -0.242. The minimum atomic E-state index is -1.48. The van der Waals surface area contributed by atoms with Gasteiger partial charge in [-0.15, -0.1) is 0 Å². The molecule has 0 fully saturated rings. The van der Waals surface area contributed by atoms with Crippen molar-refractivity contribution in [1.29, 1.82) is 0 Å². The molecule has 2 rings (SSSR count). The highest BCUT2D eigenvalue weighted by molar-refractivity contribution is 5.84. The Labute approximate surface area is 85.7 Å². The smallest absolute Gasteiger partial charge is 0.146 e. The summed E-state index contributed by atoms with van der Waals surface area (Å²) in [4.78, 5) is 10.4. The second kappa shape index (κ2) is 3.76. The van der Waals surface area contributed by atoms with Crippen molar-refractivity contribution in [3.8, 4) is 5.75 Å². The molecule has 0 saturated carbocycles. The van der Waals surface area contributed by atoms with Crippen LogP contribution in [-0.2, 0) is 6.42 Å². The van der Waals surface area contributed by atoms with Crippen LogP contribution in [0.2, 0.25) is 0 Å². The zero-order valence-electron chi connectivity index (χ0n) is 7.88. The van der Waals surface area contributed by atoms with Crippen molar-refractivity contribution < 1.29 is 19.0 Å². The zero-order chi connectivity index (χ0) is 10.8. The van der Waals surface area contributed by atoms with Crippen molar-refractivity contribution in [3.63, 3.8) is 0 Å². The molecule has 1 aromatic rings. The third kappa shape index (κ3) is 2.01. The van der Waals surface area contributed by atoms with E-state index in [-0.39, 0.29) is 5.69 Å². The molecule has 80 valence electrons. The summed E-state index contributed by atoms with van der Waals surface area (Å²) in [6, 6.07) is 2.44. The van der Waals surface area contributed by atoms with Gasteiger partial charge in [0, 0.05) is 6.07 Å². The standard InChI is InChI=1S/C10H10FNO3/c11-7-4-6-2-1-3-15-9(6)8(5-7)12-10(13)14/h4-5,12H,1-3H2,(H,13,14)/p-1. The van der Waals surface area contributed by atoms with Crippen LogP contribution in [0.3, 0.4) is 0 Å². The van der Waals surface area contributed by atoms with Crippen molar-refractivity contribution in [1.82, 2.24) is 0 Å². The summed E-state index contributed by atoms with van der Waals surface area (Å²) in [6.45, 7) is 0.514. The van der Waals surface area contributed by atoms with Gasteiger partial charge in [0.05, 0.1) is 12.3 Å². The van der Waals surface area contributed by atoms with E-state index >= 15 is 0 Å². The summed E-state index contributed by atoms with van der Waals surface area (Å²) in [5, 5.41) is 12.4. The van der Waals surface area contributed by atoms with Crippen LogP contribution in [0.5, 0.6) is 5.75 Å². The number of carbonyl (C=O) groups excluding carboxylic acids is 1. The third-order valence-electron chi connectivity index (χ3n) is 2.20. The summed E-state index contributed by atoms with van der Waals surface area (Å²) < 4.78 is 18.4. The van der Waals surface area contributed by atoms with Gasteiger partial charge in [-0.3, -0.25) is 0 Å². The Kier molecular flexibility index (Phi) is 2.45. The molecule has 4 nitrogen and oxygen atoms in total. The number of nitrogens with one attached hydrogen (secondary N) is 1. The van der Waals surface area contributed by atoms with E-state index in [9.17, 15) is 14.3 Å². The number of aryl methyl sites for hydroxylation is 1. The molecule has 0 unspecified atom stereocenters. The summed E-state index contributed by atoms with van der Waals surface area (Å²) >= 11 is 0. The van der Waals surface area contributed by atoms with Crippen molar-refractivity contribution in [2.75, 3.05) is 11.9 Å². The molecule has 0 spiro atoms. The van der Waals surface area contributed by atoms with Crippen LogP contribution in [-0.4, -0.2) is 12.7 Å².